The Bertz CT molecular complexity index is 320. The second-order valence-corrected chi connectivity index (χ2v) is 4.75. The molecule has 0 saturated heterocycles. The molecule has 0 bridgehead atoms. The van der Waals surface area contributed by atoms with Crippen LogP contribution in [-0.2, 0) is 0 Å². The van der Waals surface area contributed by atoms with Gasteiger partial charge in [-0.05, 0) is 48.8 Å². The maximum absolute atomic E-state index is 9.53. The fourth-order valence-electron chi connectivity index (χ4n) is 1.03. The quantitative estimate of drug-likeness (QED) is 0.819. The Morgan fingerprint density at radius 1 is 1.50 bits per heavy atom. The first-order chi connectivity index (χ1) is 6.38. The second-order valence-electron chi connectivity index (χ2n) is 3.93. The van der Waals surface area contributed by atoms with Gasteiger partial charge in [-0.15, -0.1) is 0 Å². The lowest BCUT2D eigenvalue weighted by Crippen LogP contribution is -2.29. The van der Waals surface area contributed by atoms with E-state index >= 15 is 0 Å². The number of hydrogen-bond acceptors (Lipinski definition) is 3. The van der Waals surface area contributed by atoms with Crippen molar-refractivity contribution in [3.8, 4) is 0 Å². The van der Waals surface area contributed by atoms with Crippen LogP contribution in [0.15, 0.2) is 16.7 Å². The molecule has 1 rings (SSSR count). The highest BCUT2D eigenvalue weighted by Gasteiger charge is 2.12. The van der Waals surface area contributed by atoms with Crippen LogP contribution in [0.5, 0.6) is 0 Å². The van der Waals surface area contributed by atoms with Crippen molar-refractivity contribution in [2.24, 2.45) is 0 Å². The third-order valence-corrected chi connectivity index (χ3v) is 2.20. The van der Waals surface area contributed by atoms with Gasteiger partial charge in [-0.3, -0.25) is 0 Å². The lowest BCUT2D eigenvalue weighted by Gasteiger charge is -2.19. The van der Waals surface area contributed by atoms with E-state index in [-0.39, 0.29) is 0 Å². The molecule has 0 amide bonds. The molecule has 0 radical (unpaired) electrons. The first-order valence-electron chi connectivity index (χ1n) is 4.48. The highest BCUT2D eigenvalue weighted by molar-refractivity contribution is 9.10. The SMILES string of the molecule is Cc1nc(Br)ccc1NCC(C)(C)O. The molecule has 0 fully saturated rings. The van der Waals surface area contributed by atoms with Gasteiger partial charge in [0.25, 0.3) is 0 Å². The van der Waals surface area contributed by atoms with Crippen LogP contribution < -0.4 is 5.32 Å². The summed E-state index contributed by atoms with van der Waals surface area (Å²) in [5, 5.41) is 12.7. The molecular formula is C10H15BrN2O. The molecule has 0 atom stereocenters. The molecule has 0 saturated carbocycles. The largest absolute Gasteiger partial charge is 0.389 e. The van der Waals surface area contributed by atoms with E-state index in [1.165, 1.54) is 0 Å². The molecule has 0 unspecified atom stereocenters. The van der Waals surface area contributed by atoms with Crippen molar-refractivity contribution in [2.45, 2.75) is 26.4 Å². The number of rotatable bonds is 3. The van der Waals surface area contributed by atoms with Gasteiger partial charge in [-0.2, -0.15) is 0 Å². The Labute approximate surface area is 92.7 Å². The molecule has 1 heterocycles. The van der Waals surface area contributed by atoms with Gasteiger partial charge < -0.3 is 10.4 Å². The summed E-state index contributed by atoms with van der Waals surface area (Å²) in [6, 6.07) is 3.82. The van der Waals surface area contributed by atoms with E-state index in [2.05, 4.69) is 26.2 Å². The smallest absolute Gasteiger partial charge is 0.106 e. The summed E-state index contributed by atoms with van der Waals surface area (Å²) in [4.78, 5) is 4.25. The molecule has 0 aromatic carbocycles. The first-order valence-corrected chi connectivity index (χ1v) is 5.27. The van der Waals surface area contributed by atoms with Crippen LogP contribution in [0.4, 0.5) is 5.69 Å². The van der Waals surface area contributed by atoms with Crippen LogP contribution in [0, 0.1) is 6.92 Å². The molecule has 0 aliphatic rings. The molecular weight excluding hydrogens is 244 g/mol. The van der Waals surface area contributed by atoms with Crippen molar-refractivity contribution in [3.63, 3.8) is 0 Å². The average molecular weight is 259 g/mol. The summed E-state index contributed by atoms with van der Waals surface area (Å²) in [7, 11) is 0. The second kappa shape index (κ2) is 4.28. The lowest BCUT2D eigenvalue weighted by atomic mass is 10.1. The number of aromatic nitrogens is 1. The van der Waals surface area contributed by atoms with E-state index in [4.69, 9.17) is 0 Å². The van der Waals surface area contributed by atoms with Gasteiger partial charge in [0.15, 0.2) is 0 Å². The summed E-state index contributed by atoms with van der Waals surface area (Å²) in [6.45, 7) is 5.97. The zero-order valence-electron chi connectivity index (χ0n) is 8.63. The van der Waals surface area contributed by atoms with E-state index in [1.807, 2.05) is 19.1 Å². The number of nitrogens with zero attached hydrogens (tertiary/aromatic N) is 1. The Kier molecular flexibility index (Phi) is 3.50. The van der Waals surface area contributed by atoms with E-state index < -0.39 is 5.60 Å². The Morgan fingerprint density at radius 3 is 2.64 bits per heavy atom. The minimum atomic E-state index is -0.709. The molecule has 0 aliphatic heterocycles. The highest BCUT2D eigenvalue weighted by atomic mass is 79.9. The Balaban J connectivity index is 2.68. The molecule has 1 aromatic rings. The summed E-state index contributed by atoms with van der Waals surface area (Å²) >= 11 is 3.30. The number of anilines is 1. The third kappa shape index (κ3) is 3.64. The van der Waals surface area contributed by atoms with Crippen LogP contribution >= 0.6 is 15.9 Å². The average Bonchev–Trinajstić information content (AvgIpc) is 2.00. The first kappa shape index (κ1) is 11.5. The topological polar surface area (TPSA) is 45.2 Å². The predicted molar refractivity (Wildman–Crippen MR) is 61.5 cm³/mol. The number of hydrogen-bond donors (Lipinski definition) is 2. The monoisotopic (exact) mass is 258 g/mol. The summed E-state index contributed by atoms with van der Waals surface area (Å²) in [5.41, 5.74) is 1.17. The fraction of sp³-hybridized carbons (Fsp3) is 0.500. The number of nitrogens with one attached hydrogen (secondary N) is 1. The molecule has 0 spiro atoms. The number of pyridine rings is 1. The van der Waals surface area contributed by atoms with Gasteiger partial charge in [0.05, 0.1) is 17.0 Å². The van der Waals surface area contributed by atoms with Crippen molar-refractivity contribution < 1.29 is 5.11 Å². The van der Waals surface area contributed by atoms with Crippen molar-refractivity contribution in [1.82, 2.24) is 4.98 Å². The van der Waals surface area contributed by atoms with Gasteiger partial charge in [-0.25, -0.2) is 4.98 Å². The van der Waals surface area contributed by atoms with E-state index in [0.717, 1.165) is 16.0 Å². The van der Waals surface area contributed by atoms with Crippen molar-refractivity contribution in [3.05, 3.63) is 22.4 Å². The molecule has 2 N–H and O–H groups in total. The van der Waals surface area contributed by atoms with Crippen LogP contribution in [0.1, 0.15) is 19.5 Å². The Hall–Kier alpha value is -0.610. The zero-order chi connectivity index (χ0) is 10.8. The summed E-state index contributed by atoms with van der Waals surface area (Å²) < 4.78 is 0.823. The van der Waals surface area contributed by atoms with Crippen LogP contribution in [0.3, 0.4) is 0 Å². The van der Waals surface area contributed by atoms with Crippen molar-refractivity contribution >= 4 is 21.6 Å². The van der Waals surface area contributed by atoms with Gasteiger partial charge in [0.1, 0.15) is 4.60 Å². The minimum Gasteiger partial charge on any atom is -0.389 e. The normalized spacial score (nSPS) is 11.5. The van der Waals surface area contributed by atoms with Gasteiger partial charge in [0.2, 0.25) is 0 Å². The van der Waals surface area contributed by atoms with Crippen LogP contribution in [-0.4, -0.2) is 22.2 Å². The van der Waals surface area contributed by atoms with E-state index in [1.54, 1.807) is 13.8 Å². The predicted octanol–water partition coefficient (Wildman–Crippen LogP) is 2.34. The highest BCUT2D eigenvalue weighted by Crippen LogP contribution is 2.16. The van der Waals surface area contributed by atoms with Crippen LogP contribution in [0.25, 0.3) is 0 Å². The summed E-state index contributed by atoms with van der Waals surface area (Å²) in [5.74, 6) is 0. The number of aliphatic hydroxyl groups is 1. The zero-order valence-corrected chi connectivity index (χ0v) is 10.2. The fourth-order valence-corrected chi connectivity index (χ4v) is 1.43. The third-order valence-electron chi connectivity index (χ3n) is 1.76. The van der Waals surface area contributed by atoms with Crippen molar-refractivity contribution in [1.29, 1.82) is 0 Å². The minimum absolute atomic E-state index is 0.511. The molecule has 14 heavy (non-hydrogen) atoms. The van der Waals surface area contributed by atoms with Crippen molar-refractivity contribution in [2.75, 3.05) is 11.9 Å². The van der Waals surface area contributed by atoms with Crippen LogP contribution in [0.2, 0.25) is 0 Å². The van der Waals surface area contributed by atoms with E-state index in [9.17, 15) is 5.11 Å². The van der Waals surface area contributed by atoms with Gasteiger partial charge in [-0.1, -0.05) is 0 Å². The molecule has 4 heteroatoms. The van der Waals surface area contributed by atoms with Gasteiger partial charge >= 0.3 is 0 Å². The maximum atomic E-state index is 9.53. The number of halogens is 1. The molecule has 0 aliphatic carbocycles. The molecule has 78 valence electrons. The molecule has 1 aromatic heterocycles. The molecule has 3 nitrogen and oxygen atoms in total. The van der Waals surface area contributed by atoms with E-state index in [0.29, 0.717) is 6.54 Å². The van der Waals surface area contributed by atoms with Gasteiger partial charge in [0, 0.05) is 6.54 Å². The summed E-state index contributed by atoms with van der Waals surface area (Å²) in [6.07, 6.45) is 0. The standard InChI is InChI=1S/C10H15BrN2O/c1-7-8(4-5-9(11)13-7)12-6-10(2,3)14/h4-5,12,14H,6H2,1-3H3. The Morgan fingerprint density at radius 2 is 2.14 bits per heavy atom. The maximum Gasteiger partial charge on any atom is 0.106 e. The number of aryl methyl sites for hydroxylation is 1. The lowest BCUT2D eigenvalue weighted by molar-refractivity contribution is 0.0945.